The van der Waals surface area contributed by atoms with Crippen LogP contribution in [0.1, 0.15) is 18.4 Å². The second-order valence-electron chi connectivity index (χ2n) is 5.97. The molecule has 1 aromatic carbocycles. The number of piperidine rings is 1. The smallest absolute Gasteiger partial charge is 0.331 e. The Bertz CT molecular complexity index is 735. The minimum Gasteiger partial charge on any atom is -0.469 e. The molecular formula is C18H20N2O7. The molecule has 0 radical (unpaired) electrons. The first-order chi connectivity index (χ1) is 12.9. The number of hydrogen-bond donors (Lipinski definition) is 0. The maximum atomic E-state index is 12.1. The molecule has 2 rings (SSSR count). The highest BCUT2D eigenvalue weighted by atomic mass is 16.6. The average molecular weight is 376 g/mol. The van der Waals surface area contributed by atoms with Crippen LogP contribution in [0.3, 0.4) is 0 Å². The Balaban J connectivity index is 1.75. The SMILES string of the molecule is COC(=O)C1CCN(C(=O)COC(=O)/C=C/c2ccc([N+](=O)[O-])cc2)CC1. The molecule has 1 aliphatic heterocycles. The van der Waals surface area contributed by atoms with Gasteiger partial charge in [0, 0.05) is 31.3 Å². The van der Waals surface area contributed by atoms with Crippen LogP contribution >= 0.6 is 0 Å². The number of amides is 1. The van der Waals surface area contributed by atoms with E-state index in [1.807, 2.05) is 0 Å². The van der Waals surface area contributed by atoms with Gasteiger partial charge in [-0.2, -0.15) is 0 Å². The van der Waals surface area contributed by atoms with Gasteiger partial charge in [0.25, 0.3) is 11.6 Å². The number of methoxy groups -OCH3 is 1. The monoisotopic (exact) mass is 376 g/mol. The van der Waals surface area contributed by atoms with Crippen molar-refractivity contribution in [3.63, 3.8) is 0 Å². The van der Waals surface area contributed by atoms with Crippen LogP contribution in [0.4, 0.5) is 5.69 Å². The van der Waals surface area contributed by atoms with Crippen molar-refractivity contribution in [3.05, 3.63) is 46.0 Å². The molecule has 9 heteroatoms. The maximum absolute atomic E-state index is 12.1. The molecular weight excluding hydrogens is 356 g/mol. The Morgan fingerprint density at radius 2 is 1.85 bits per heavy atom. The van der Waals surface area contributed by atoms with Gasteiger partial charge in [0.15, 0.2) is 6.61 Å². The summed E-state index contributed by atoms with van der Waals surface area (Å²) < 4.78 is 9.61. The summed E-state index contributed by atoms with van der Waals surface area (Å²) in [6.07, 6.45) is 3.63. The number of benzene rings is 1. The standard InChI is InChI=1S/C18H20N2O7/c1-26-18(23)14-8-10-19(11-9-14)16(21)12-27-17(22)7-4-13-2-5-15(6-3-13)20(24)25/h2-7,14H,8-12H2,1H3/b7-4+. The molecule has 1 aliphatic rings. The second-order valence-corrected chi connectivity index (χ2v) is 5.97. The summed E-state index contributed by atoms with van der Waals surface area (Å²) in [5.41, 5.74) is 0.546. The number of carbonyl (C=O) groups is 3. The van der Waals surface area contributed by atoms with E-state index in [-0.39, 0.29) is 30.1 Å². The highest BCUT2D eigenvalue weighted by molar-refractivity contribution is 5.89. The van der Waals surface area contributed by atoms with Crippen LogP contribution < -0.4 is 0 Å². The fourth-order valence-electron chi connectivity index (χ4n) is 2.67. The van der Waals surface area contributed by atoms with Crippen LogP contribution in [-0.2, 0) is 23.9 Å². The maximum Gasteiger partial charge on any atom is 0.331 e. The number of likely N-dealkylation sites (tertiary alicyclic amines) is 1. The van der Waals surface area contributed by atoms with Gasteiger partial charge in [-0.1, -0.05) is 0 Å². The summed E-state index contributed by atoms with van der Waals surface area (Å²) in [5, 5.41) is 10.6. The fraction of sp³-hybridized carbons (Fsp3) is 0.389. The fourth-order valence-corrected chi connectivity index (χ4v) is 2.67. The molecule has 0 bridgehead atoms. The molecule has 27 heavy (non-hydrogen) atoms. The Hall–Kier alpha value is -3.23. The quantitative estimate of drug-likeness (QED) is 0.320. The molecule has 0 aromatic heterocycles. The van der Waals surface area contributed by atoms with Crippen molar-refractivity contribution in [2.24, 2.45) is 5.92 Å². The molecule has 1 heterocycles. The molecule has 0 saturated carbocycles. The Kier molecular flexibility index (Phi) is 7.04. The van der Waals surface area contributed by atoms with Crippen molar-refractivity contribution >= 4 is 29.6 Å². The van der Waals surface area contributed by atoms with Crippen molar-refractivity contribution < 1.29 is 28.8 Å². The molecule has 0 spiro atoms. The van der Waals surface area contributed by atoms with E-state index in [0.717, 1.165) is 6.08 Å². The second kappa shape index (κ2) is 9.46. The number of nitro groups is 1. The topological polar surface area (TPSA) is 116 Å². The number of nitro benzene ring substituents is 1. The van der Waals surface area contributed by atoms with Gasteiger partial charge < -0.3 is 14.4 Å². The van der Waals surface area contributed by atoms with E-state index in [9.17, 15) is 24.5 Å². The lowest BCUT2D eigenvalue weighted by atomic mass is 9.97. The Morgan fingerprint density at radius 1 is 1.22 bits per heavy atom. The van der Waals surface area contributed by atoms with E-state index in [1.54, 1.807) is 4.90 Å². The molecule has 0 aliphatic carbocycles. The van der Waals surface area contributed by atoms with E-state index in [0.29, 0.717) is 31.5 Å². The average Bonchev–Trinajstić information content (AvgIpc) is 2.70. The largest absolute Gasteiger partial charge is 0.469 e. The Morgan fingerprint density at radius 3 is 2.41 bits per heavy atom. The third-order valence-corrected chi connectivity index (χ3v) is 4.24. The first kappa shape index (κ1) is 20.1. The van der Waals surface area contributed by atoms with Crippen molar-refractivity contribution in [1.82, 2.24) is 4.90 Å². The molecule has 1 saturated heterocycles. The lowest BCUT2D eigenvalue weighted by Gasteiger charge is -2.30. The Labute approximate surface area is 155 Å². The van der Waals surface area contributed by atoms with Crippen molar-refractivity contribution in [3.8, 4) is 0 Å². The predicted octanol–water partition coefficient (Wildman–Crippen LogP) is 1.56. The van der Waals surface area contributed by atoms with Gasteiger partial charge in [-0.05, 0) is 36.6 Å². The number of carbonyl (C=O) groups excluding carboxylic acids is 3. The molecule has 1 fully saturated rings. The number of hydrogen-bond acceptors (Lipinski definition) is 7. The van der Waals surface area contributed by atoms with Gasteiger partial charge in [-0.3, -0.25) is 19.7 Å². The molecule has 0 N–H and O–H groups in total. The summed E-state index contributed by atoms with van der Waals surface area (Å²) in [7, 11) is 1.34. The summed E-state index contributed by atoms with van der Waals surface area (Å²) in [6, 6.07) is 5.65. The van der Waals surface area contributed by atoms with Crippen molar-refractivity contribution in [2.45, 2.75) is 12.8 Å². The molecule has 0 unspecified atom stereocenters. The van der Waals surface area contributed by atoms with Crippen LogP contribution in [0.2, 0.25) is 0 Å². The van der Waals surface area contributed by atoms with E-state index in [1.165, 1.54) is 37.5 Å². The zero-order valence-corrected chi connectivity index (χ0v) is 14.8. The van der Waals surface area contributed by atoms with Gasteiger partial charge in [-0.15, -0.1) is 0 Å². The molecule has 9 nitrogen and oxygen atoms in total. The minimum absolute atomic E-state index is 0.0451. The zero-order chi connectivity index (χ0) is 19.8. The number of non-ortho nitro benzene ring substituents is 1. The number of rotatable bonds is 6. The van der Waals surface area contributed by atoms with E-state index in [2.05, 4.69) is 0 Å². The lowest BCUT2D eigenvalue weighted by molar-refractivity contribution is -0.384. The summed E-state index contributed by atoms with van der Waals surface area (Å²) >= 11 is 0. The summed E-state index contributed by atoms with van der Waals surface area (Å²) in [6.45, 7) is 0.440. The van der Waals surface area contributed by atoms with Crippen molar-refractivity contribution in [1.29, 1.82) is 0 Å². The number of ether oxygens (including phenoxy) is 2. The van der Waals surface area contributed by atoms with Crippen molar-refractivity contribution in [2.75, 3.05) is 26.8 Å². The third kappa shape index (κ3) is 5.91. The molecule has 0 atom stereocenters. The summed E-state index contributed by atoms with van der Waals surface area (Å²) in [4.78, 5) is 46.9. The molecule has 1 aromatic rings. The highest BCUT2D eigenvalue weighted by Crippen LogP contribution is 2.18. The van der Waals surface area contributed by atoms with Gasteiger partial charge in [-0.25, -0.2) is 4.79 Å². The van der Waals surface area contributed by atoms with Crippen LogP contribution in [0.5, 0.6) is 0 Å². The van der Waals surface area contributed by atoms with E-state index < -0.39 is 10.9 Å². The van der Waals surface area contributed by atoms with Crippen LogP contribution in [0, 0.1) is 16.0 Å². The van der Waals surface area contributed by atoms with Gasteiger partial charge in [0.2, 0.25) is 0 Å². The molecule has 1 amide bonds. The highest BCUT2D eigenvalue weighted by Gasteiger charge is 2.28. The lowest BCUT2D eigenvalue weighted by Crippen LogP contribution is -2.42. The van der Waals surface area contributed by atoms with E-state index >= 15 is 0 Å². The first-order valence-corrected chi connectivity index (χ1v) is 8.35. The number of nitrogens with zero attached hydrogens (tertiary/aromatic N) is 2. The van der Waals surface area contributed by atoms with Crippen LogP contribution in [0.25, 0.3) is 6.08 Å². The first-order valence-electron chi connectivity index (χ1n) is 8.35. The molecule has 144 valence electrons. The summed E-state index contributed by atoms with van der Waals surface area (Å²) in [5.74, 6) is -1.49. The normalized spacial score (nSPS) is 14.8. The van der Waals surface area contributed by atoms with Gasteiger partial charge >= 0.3 is 11.9 Å². The minimum atomic E-state index is -0.689. The van der Waals surface area contributed by atoms with E-state index in [4.69, 9.17) is 9.47 Å². The van der Waals surface area contributed by atoms with Gasteiger partial charge in [0.05, 0.1) is 18.0 Å². The van der Waals surface area contributed by atoms with Crippen LogP contribution in [0.15, 0.2) is 30.3 Å². The zero-order valence-electron chi connectivity index (χ0n) is 14.8. The van der Waals surface area contributed by atoms with Crippen LogP contribution in [-0.4, -0.2) is 54.5 Å². The third-order valence-electron chi connectivity index (χ3n) is 4.24. The number of esters is 2. The predicted molar refractivity (Wildman–Crippen MR) is 94.4 cm³/mol. The van der Waals surface area contributed by atoms with Gasteiger partial charge in [0.1, 0.15) is 0 Å².